The predicted octanol–water partition coefficient (Wildman–Crippen LogP) is 2.10. The number of carbonyl (C=O) groups is 1. The number of esters is 1. The van der Waals surface area contributed by atoms with E-state index < -0.39 is 0 Å². The molecule has 0 aromatic heterocycles. The van der Waals surface area contributed by atoms with E-state index >= 15 is 0 Å². The fourth-order valence-electron chi connectivity index (χ4n) is 0.546. The molecule has 0 N–H and O–H groups in total. The molecule has 1 aliphatic rings. The molecule has 0 aromatic rings. The molecule has 0 saturated carbocycles. The highest BCUT2D eigenvalue weighted by Gasteiger charge is 2.17. The number of ether oxygens (including phenoxy) is 1. The van der Waals surface area contributed by atoms with Gasteiger partial charge in [0, 0.05) is 11.4 Å². The largest absolute Gasteiger partial charge is 0.423 e. The van der Waals surface area contributed by atoms with Crippen LogP contribution in [0.1, 0.15) is 0 Å². The van der Waals surface area contributed by atoms with Gasteiger partial charge in [-0.05, 0) is 22.0 Å². The zero-order valence-electron chi connectivity index (χ0n) is 4.93. The van der Waals surface area contributed by atoms with Gasteiger partial charge in [-0.15, -0.1) is 0 Å². The van der Waals surface area contributed by atoms with E-state index in [4.69, 9.17) is 4.74 Å². The van der Waals surface area contributed by atoms with Crippen LogP contribution in [-0.4, -0.2) is 11.3 Å². The van der Waals surface area contributed by atoms with Gasteiger partial charge in [-0.25, -0.2) is 4.79 Å². The number of hydrogen-bond acceptors (Lipinski definition) is 2. The van der Waals surface area contributed by atoms with Crippen molar-refractivity contribution in [2.45, 2.75) is 0 Å². The highest BCUT2D eigenvalue weighted by molar-refractivity contribution is 9.12. The van der Waals surface area contributed by atoms with Crippen molar-refractivity contribution in [2.75, 3.05) is 5.33 Å². The van der Waals surface area contributed by atoms with Crippen LogP contribution in [0.25, 0.3) is 0 Å². The molecule has 0 saturated heterocycles. The zero-order valence-corrected chi connectivity index (χ0v) is 8.11. The van der Waals surface area contributed by atoms with Gasteiger partial charge in [-0.1, -0.05) is 15.9 Å². The molecular formula is C6H4Br2O2. The van der Waals surface area contributed by atoms with Crippen molar-refractivity contribution in [1.82, 2.24) is 0 Å². The van der Waals surface area contributed by atoms with Crippen LogP contribution in [0.3, 0.4) is 0 Å². The Balaban J connectivity index is 2.74. The van der Waals surface area contributed by atoms with Crippen molar-refractivity contribution in [1.29, 1.82) is 0 Å². The molecule has 54 valence electrons. The summed E-state index contributed by atoms with van der Waals surface area (Å²) < 4.78 is 5.24. The topological polar surface area (TPSA) is 26.3 Å². The van der Waals surface area contributed by atoms with Crippen molar-refractivity contribution < 1.29 is 9.53 Å². The first-order valence-corrected chi connectivity index (χ1v) is 4.51. The minimum absolute atomic E-state index is 0.327. The number of allylic oxidation sites excluding steroid dienone is 2. The molecule has 0 fully saturated rings. The Labute approximate surface area is 75.2 Å². The lowest BCUT2D eigenvalue weighted by molar-refractivity contribution is -0.132. The van der Waals surface area contributed by atoms with E-state index in [9.17, 15) is 4.79 Å². The summed E-state index contributed by atoms with van der Waals surface area (Å²) in [6, 6.07) is 0. The number of halogens is 2. The number of hydrogen-bond donors (Lipinski definition) is 0. The van der Waals surface area contributed by atoms with Crippen LogP contribution in [0.15, 0.2) is 22.4 Å². The summed E-state index contributed by atoms with van der Waals surface area (Å²) in [6.45, 7) is 0. The summed E-state index contributed by atoms with van der Waals surface area (Å²) in [5, 5.41) is 0.687. The van der Waals surface area contributed by atoms with Crippen LogP contribution in [0, 0.1) is 0 Å². The van der Waals surface area contributed by atoms with Gasteiger partial charge in [0.2, 0.25) is 0 Å². The maximum absolute atomic E-state index is 10.7. The lowest BCUT2D eigenvalue weighted by Crippen LogP contribution is -1.93. The van der Waals surface area contributed by atoms with Gasteiger partial charge in [0.1, 0.15) is 10.2 Å². The normalized spacial score (nSPS) is 21.2. The summed E-state index contributed by atoms with van der Waals surface area (Å²) in [7, 11) is 0. The Morgan fingerprint density at radius 1 is 1.70 bits per heavy atom. The van der Waals surface area contributed by atoms with Gasteiger partial charge in [0.25, 0.3) is 0 Å². The van der Waals surface area contributed by atoms with Crippen molar-refractivity contribution in [3.8, 4) is 0 Å². The average molecular weight is 268 g/mol. The van der Waals surface area contributed by atoms with E-state index in [1.165, 1.54) is 0 Å². The summed E-state index contributed by atoms with van der Waals surface area (Å²) in [6.07, 6.45) is 3.41. The molecule has 0 aliphatic carbocycles. The van der Waals surface area contributed by atoms with Crippen LogP contribution in [-0.2, 0) is 9.53 Å². The standard InChI is InChI=1S/C6H4Br2O2/c7-2-1-4-3-5(8)6(9)10-4/h1,3H,2H2/b4-1-. The van der Waals surface area contributed by atoms with Gasteiger partial charge >= 0.3 is 5.97 Å². The quantitative estimate of drug-likeness (QED) is 0.537. The number of alkyl halides is 1. The van der Waals surface area contributed by atoms with E-state index in [0.717, 1.165) is 0 Å². The maximum Gasteiger partial charge on any atom is 0.350 e. The third kappa shape index (κ3) is 1.70. The van der Waals surface area contributed by atoms with E-state index in [1.54, 1.807) is 12.2 Å². The SMILES string of the molecule is O=C1O/C(=C\CBr)C=C1Br. The molecule has 0 atom stereocenters. The van der Waals surface area contributed by atoms with E-state index in [-0.39, 0.29) is 5.97 Å². The van der Waals surface area contributed by atoms with Crippen LogP contribution in [0.4, 0.5) is 0 Å². The molecule has 0 unspecified atom stereocenters. The lowest BCUT2D eigenvalue weighted by Gasteiger charge is -1.91. The van der Waals surface area contributed by atoms with Crippen LogP contribution < -0.4 is 0 Å². The Morgan fingerprint density at radius 2 is 2.40 bits per heavy atom. The second kappa shape index (κ2) is 3.34. The first-order valence-electron chi connectivity index (χ1n) is 2.59. The third-order valence-corrected chi connectivity index (χ3v) is 1.83. The molecule has 0 spiro atoms. The molecule has 0 radical (unpaired) electrons. The Hall–Kier alpha value is -0.0900. The van der Waals surface area contributed by atoms with E-state index in [2.05, 4.69) is 31.9 Å². The Morgan fingerprint density at radius 3 is 2.80 bits per heavy atom. The number of rotatable bonds is 1. The first kappa shape index (κ1) is 8.01. The zero-order chi connectivity index (χ0) is 7.56. The summed E-state index contributed by atoms with van der Waals surface area (Å²) in [5.41, 5.74) is 0. The maximum atomic E-state index is 10.7. The summed E-state index contributed by atoms with van der Waals surface area (Å²) in [4.78, 5) is 10.7. The number of cyclic esters (lactones) is 1. The van der Waals surface area contributed by atoms with Crippen molar-refractivity contribution in [2.24, 2.45) is 0 Å². The van der Waals surface area contributed by atoms with Crippen LogP contribution in [0.5, 0.6) is 0 Å². The molecular weight excluding hydrogens is 264 g/mol. The van der Waals surface area contributed by atoms with Gasteiger partial charge < -0.3 is 4.74 Å². The smallest absolute Gasteiger partial charge is 0.350 e. The summed E-state index contributed by atoms with van der Waals surface area (Å²) >= 11 is 6.23. The van der Waals surface area contributed by atoms with Gasteiger partial charge in [0.15, 0.2) is 0 Å². The molecule has 0 aromatic carbocycles. The molecule has 10 heavy (non-hydrogen) atoms. The molecule has 4 heteroatoms. The minimum atomic E-state index is -0.327. The Bertz CT molecular complexity index is 218. The molecule has 1 aliphatic heterocycles. The number of carbonyl (C=O) groups excluding carboxylic acids is 1. The molecule has 0 bridgehead atoms. The van der Waals surface area contributed by atoms with Crippen molar-refractivity contribution in [3.63, 3.8) is 0 Å². The van der Waals surface area contributed by atoms with Crippen molar-refractivity contribution in [3.05, 3.63) is 22.4 Å². The lowest BCUT2D eigenvalue weighted by atomic mass is 10.4. The van der Waals surface area contributed by atoms with Gasteiger partial charge in [0.05, 0.1) is 0 Å². The van der Waals surface area contributed by atoms with E-state index in [0.29, 0.717) is 15.6 Å². The average Bonchev–Trinajstić information content (AvgIpc) is 2.14. The van der Waals surface area contributed by atoms with Gasteiger partial charge in [-0.2, -0.15) is 0 Å². The molecule has 0 amide bonds. The van der Waals surface area contributed by atoms with Crippen LogP contribution in [0.2, 0.25) is 0 Å². The minimum Gasteiger partial charge on any atom is -0.423 e. The first-order chi connectivity index (χ1) is 4.74. The predicted molar refractivity (Wildman–Crippen MR) is 45.0 cm³/mol. The fraction of sp³-hybridized carbons (Fsp3) is 0.167. The summed E-state index contributed by atoms with van der Waals surface area (Å²) in [5.74, 6) is 0.265. The second-order valence-electron chi connectivity index (χ2n) is 1.64. The highest BCUT2D eigenvalue weighted by atomic mass is 79.9. The Kier molecular flexibility index (Phi) is 2.68. The third-order valence-electron chi connectivity index (χ3n) is 0.953. The second-order valence-corrected chi connectivity index (χ2v) is 3.14. The van der Waals surface area contributed by atoms with Crippen LogP contribution >= 0.6 is 31.9 Å². The highest BCUT2D eigenvalue weighted by Crippen LogP contribution is 2.21. The molecule has 2 nitrogen and oxygen atoms in total. The van der Waals surface area contributed by atoms with Gasteiger partial charge in [-0.3, -0.25) is 0 Å². The molecule has 1 rings (SSSR count). The van der Waals surface area contributed by atoms with E-state index in [1.807, 2.05) is 0 Å². The van der Waals surface area contributed by atoms with Crippen molar-refractivity contribution >= 4 is 37.8 Å². The monoisotopic (exact) mass is 266 g/mol. The fourth-order valence-corrected chi connectivity index (χ4v) is 1.17. The molecule has 1 heterocycles.